The van der Waals surface area contributed by atoms with Gasteiger partial charge in [0.15, 0.2) is 11.6 Å². The Morgan fingerprint density at radius 1 is 0.667 bits per heavy atom. The average Bonchev–Trinajstić information content (AvgIpc) is 2.94. The minimum Gasteiger partial charge on any atom is -0.462 e. The van der Waals surface area contributed by atoms with Crippen molar-refractivity contribution in [2.45, 2.75) is 110 Å². The number of esters is 1. The number of nitrogen functional groups attached to an aromatic ring is 2. The molecule has 1 aliphatic rings. The summed E-state index contributed by atoms with van der Waals surface area (Å²) in [6, 6.07) is 7.90. The lowest BCUT2D eigenvalue weighted by Gasteiger charge is -2.22. The van der Waals surface area contributed by atoms with Gasteiger partial charge in [-0.3, -0.25) is 9.59 Å². The Kier molecular flexibility index (Phi) is 12.5. The van der Waals surface area contributed by atoms with Gasteiger partial charge in [0, 0.05) is 16.8 Å². The van der Waals surface area contributed by atoms with Gasteiger partial charge < -0.3 is 16.2 Å². The number of ketones is 2. The van der Waals surface area contributed by atoms with Gasteiger partial charge in [-0.15, -0.1) is 0 Å². The van der Waals surface area contributed by atoms with Gasteiger partial charge in [0.25, 0.3) is 0 Å². The molecule has 0 heterocycles. The molecule has 0 saturated heterocycles. The topological polar surface area (TPSA) is 112 Å². The van der Waals surface area contributed by atoms with Crippen molar-refractivity contribution in [3.63, 3.8) is 0 Å². The van der Waals surface area contributed by atoms with Gasteiger partial charge in [0.05, 0.1) is 29.0 Å². The van der Waals surface area contributed by atoms with E-state index in [1.807, 2.05) is 0 Å². The van der Waals surface area contributed by atoms with E-state index < -0.39 is 11.8 Å². The standard InChI is InChI=1S/C33H46N2O4/c1-2-3-4-5-6-7-8-9-10-11-12-13-14-15-16-19-22-39-33(38)26-23-27(34)28-29(30(26)35)32(37)25-21-18-17-20-24(25)31(28)36/h17-18,20-21,23H,2-16,19,22,34-35H2,1H3. The maximum Gasteiger partial charge on any atom is 0.340 e. The SMILES string of the molecule is CCCCCCCCCCCCCCCCCCOC(=O)c1cc(N)c2c(c1N)C(=O)c1ccccc1C2=O. The molecule has 0 fully saturated rings. The van der Waals surface area contributed by atoms with E-state index in [0.717, 1.165) is 19.3 Å². The van der Waals surface area contributed by atoms with Crippen molar-refractivity contribution < 1.29 is 19.1 Å². The first-order chi connectivity index (χ1) is 19.0. The van der Waals surface area contributed by atoms with Crippen molar-refractivity contribution in [2.75, 3.05) is 18.1 Å². The van der Waals surface area contributed by atoms with Gasteiger partial charge in [0.2, 0.25) is 0 Å². The molecule has 4 N–H and O–H groups in total. The molecule has 0 atom stereocenters. The Hall–Kier alpha value is -3.15. The molecule has 6 nitrogen and oxygen atoms in total. The largest absolute Gasteiger partial charge is 0.462 e. The van der Waals surface area contributed by atoms with Gasteiger partial charge in [-0.2, -0.15) is 0 Å². The van der Waals surface area contributed by atoms with E-state index in [1.165, 1.54) is 89.5 Å². The fourth-order valence-electron chi connectivity index (χ4n) is 5.41. The van der Waals surface area contributed by atoms with Gasteiger partial charge >= 0.3 is 5.97 Å². The number of carbonyl (C=O) groups excluding carboxylic acids is 3. The number of hydrogen-bond donors (Lipinski definition) is 2. The molecule has 1 aliphatic carbocycles. The number of benzene rings is 2. The Balaban J connectivity index is 1.31. The van der Waals surface area contributed by atoms with Crippen molar-refractivity contribution in [3.8, 4) is 0 Å². The predicted molar refractivity (Wildman–Crippen MR) is 158 cm³/mol. The van der Waals surface area contributed by atoms with E-state index in [4.69, 9.17) is 16.2 Å². The van der Waals surface area contributed by atoms with Crippen molar-refractivity contribution in [1.29, 1.82) is 0 Å². The molecule has 2 aromatic carbocycles. The summed E-state index contributed by atoms with van der Waals surface area (Å²) in [6.45, 7) is 2.54. The molecule has 3 rings (SSSR count). The van der Waals surface area contributed by atoms with E-state index in [9.17, 15) is 14.4 Å². The van der Waals surface area contributed by atoms with Gasteiger partial charge in [0.1, 0.15) is 0 Å². The van der Waals surface area contributed by atoms with Crippen molar-refractivity contribution in [1.82, 2.24) is 0 Å². The lowest BCUT2D eigenvalue weighted by atomic mass is 9.81. The monoisotopic (exact) mass is 534 g/mol. The van der Waals surface area contributed by atoms with Crippen LogP contribution < -0.4 is 11.5 Å². The van der Waals surface area contributed by atoms with Crippen LogP contribution in [-0.2, 0) is 4.74 Å². The molecular weight excluding hydrogens is 488 g/mol. The Labute approximate surface area is 233 Å². The van der Waals surface area contributed by atoms with Crippen LogP contribution in [-0.4, -0.2) is 24.1 Å². The van der Waals surface area contributed by atoms with Crippen LogP contribution in [0.2, 0.25) is 0 Å². The molecule has 39 heavy (non-hydrogen) atoms. The Bertz CT molecular complexity index is 1120. The molecule has 6 heteroatoms. The normalized spacial score (nSPS) is 12.3. The first-order valence-corrected chi connectivity index (χ1v) is 15.0. The first-order valence-electron chi connectivity index (χ1n) is 15.0. The molecule has 0 saturated carbocycles. The second-order valence-electron chi connectivity index (χ2n) is 10.8. The molecule has 0 radical (unpaired) electrons. The minimum absolute atomic E-state index is 0.00643. The van der Waals surface area contributed by atoms with E-state index in [0.29, 0.717) is 5.56 Å². The molecule has 0 aromatic heterocycles. The summed E-state index contributed by atoms with van der Waals surface area (Å²) in [7, 11) is 0. The highest BCUT2D eigenvalue weighted by Gasteiger charge is 2.35. The van der Waals surface area contributed by atoms with E-state index in [2.05, 4.69) is 6.92 Å². The zero-order valence-corrected chi connectivity index (χ0v) is 23.7. The second-order valence-corrected chi connectivity index (χ2v) is 10.8. The third-order valence-corrected chi connectivity index (χ3v) is 7.72. The number of anilines is 2. The van der Waals surface area contributed by atoms with Crippen molar-refractivity contribution in [3.05, 3.63) is 58.1 Å². The minimum atomic E-state index is -0.623. The van der Waals surface area contributed by atoms with Crippen LogP contribution >= 0.6 is 0 Å². The molecule has 0 amide bonds. The number of hydrogen-bond acceptors (Lipinski definition) is 6. The maximum atomic E-state index is 13.1. The fraction of sp³-hybridized carbons (Fsp3) is 0.545. The van der Waals surface area contributed by atoms with E-state index in [1.54, 1.807) is 24.3 Å². The number of ether oxygens (including phenoxy) is 1. The summed E-state index contributed by atoms with van der Waals surface area (Å²) in [5.74, 6) is -1.39. The summed E-state index contributed by atoms with van der Waals surface area (Å²) in [5.41, 5.74) is 13.0. The highest BCUT2D eigenvalue weighted by Crippen LogP contribution is 2.36. The Morgan fingerprint density at radius 2 is 1.10 bits per heavy atom. The molecule has 0 unspecified atom stereocenters. The zero-order chi connectivity index (χ0) is 28.0. The quantitative estimate of drug-likeness (QED) is 0.0970. The molecular formula is C33H46N2O4. The lowest BCUT2D eigenvalue weighted by Crippen LogP contribution is -2.25. The fourth-order valence-corrected chi connectivity index (χ4v) is 5.41. The molecule has 2 aromatic rings. The van der Waals surface area contributed by atoms with Crippen LogP contribution in [0.4, 0.5) is 11.4 Å². The molecule has 0 bridgehead atoms. The van der Waals surface area contributed by atoms with Gasteiger partial charge in [-0.1, -0.05) is 128 Å². The van der Waals surface area contributed by atoms with Crippen molar-refractivity contribution >= 4 is 28.9 Å². The second kappa shape index (κ2) is 16.1. The summed E-state index contributed by atoms with van der Waals surface area (Å²) in [6.07, 6.45) is 20.4. The smallest absolute Gasteiger partial charge is 0.340 e. The molecule has 212 valence electrons. The van der Waals surface area contributed by atoms with Gasteiger partial charge in [-0.25, -0.2) is 4.79 Å². The van der Waals surface area contributed by atoms with Crippen LogP contribution in [0.5, 0.6) is 0 Å². The van der Waals surface area contributed by atoms with Crippen LogP contribution in [0.15, 0.2) is 30.3 Å². The van der Waals surface area contributed by atoms with Crippen LogP contribution in [0.1, 0.15) is 152 Å². The van der Waals surface area contributed by atoms with Crippen LogP contribution in [0.3, 0.4) is 0 Å². The molecule has 0 aliphatic heterocycles. The molecule has 0 spiro atoms. The van der Waals surface area contributed by atoms with E-state index in [-0.39, 0.29) is 46.0 Å². The number of nitrogens with two attached hydrogens (primary N) is 2. The number of unbranched alkanes of at least 4 members (excludes halogenated alkanes) is 15. The van der Waals surface area contributed by atoms with Crippen LogP contribution in [0, 0.1) is 0 Å². The summed E-state index contributed by atoms with van der Waals surface area (Å²) < 4.78 is 5.43. The lowest BCUT2D eigenvalue weighted by molar-refractivity contribution is 0.0498. The number of rotatable bonds is 18. The summed E-state index contributed by atoms with van der Waals surface area (Å²) in [4.78, 5) is 38.8. The summed E-state index contributed by atoms with van der Waals surface area (Å²) in [5, 5.41) is 0. The predicted octanol–water partition coefficient (Wildman–Crippen LogP) is 8.04. The first kappa shape index (κ1) is 30.4. The van der Waals surface area contributed by atoms with Crippen molar-refractivity contribution in [2.24, 2.45) is 0 Å². The highest BCUT2D eigenvalue weighted by atomic mass is 16.5. The third-order valence-electron chi connectivity index (χ3n) is 7.72. The average molecular weight is 535 g/mol. The number of carbonyl (C=O) groups is 3. The maximum absolute atomic E-state index is 13.1. The van der Waals surface area contributed by atoms with Crippen LogP contribution in [0.25, 0.3) is 0 Å². The third kappa shape index (κ3) is 8.42. The zero-order valence-electron chi connectivity index (χ0n) is 23.7. The van der Waals surface area contributed by atoms with Gasteiger partial charge in [-0.05, 0) is 12.5 Å². The highest BCUT2D eigenvalue weighted by molar-refractivity contribution is 6.32. The Morgan fingerprint density at radius 3 is 1.59 bits per heavy atom. The number of fused-ring (bicyclic) bond motifs is 2. The van der Waals surface area contributed by atoms with E-state index >= 15 is 0 Å². The summed E-state index contributed by atoms with van der Waals surface area (Å²) >= 11 is 0.